The molecular formula is C24H20N2OS. The summed E-state index contributed by atoms with van der Waals surface area (Å²) < 4.78 is 8.77. The Balaban J connectivity index is 1.61. The van der Waals surface area contributed by atoms with Crippen LogP contribution in [0.3, 0.4) is 0 Å². The van der Waals surface area contributed by atoms with Crippen LogP contribution in [0.25, 0.3) is 22.7 Å². The Hall–Kier alpha value is -2.82. The number of rotatable bonds is 2. The first kappa shape index (κ1) is 16.2. The van der Waals surface area contributed by atoms with Crippen molar-refractivity contribution >= 4 is 34.0 Å². The van der Waals surface area contributed by atoms with E-state index in [1.165, 1.54) is 39.0 Å². The Kier molecular flexibility index (Phi) is 3.52. The number of hydrogen-bond donors (Lipinski definition) is 0. The van der Waals surface area contributed by atoms with Crippen LogP contribution in [0, 0.1) is 0 Å². The molecule has 1 fully saturated rings. The molecule has 2 aromatic carbocycles. The maximum absolute atomic E-state index is 6.48. The van der Waals surface area contributed by atoms with Gasteiger partial charge in [0.15, 0.2) is 6.23 Å². The highest BCUT2D eigenvalue weighted by molar-refractivity contribution is 7.08. The van der Waals surface area contributed by atoms with Gasteiger partial charge in [0.05, 0.1) is 18.3 Å². The van der Waals surface area contributed by atoms with Crippen LogP contribution in [0.2, 0.25) is 0 Å². The molecule has 0 bridgehead atoms. The first-order valence-corrected chi connectivity index (χ1v) is 10.5. The summed E-state index contributed by atoms with van der Waals surface area (Å²) in [7, 11) is 2.15. The average molecular weight is 385 g/mol. The van der Waals surface area contributed by atoms with Gasteiger partial charge in [-0.15, -0.1) is 0 Å². The third-order valence-electron chi connectivity index (χ3n) is 5.99. The Labute approximate surface area is 168 Å². The standard InChI is InChI=1S/C24H20N2OS/c1-25-19-10-6-5-9-18(19)23-21(25)13-20(17-11-12-28-15-17)26-22(14-27-24(23)26)16-7-3-2-4-8-16/h2-13,15,22,24H,14H2,1H3/t22-,24-/m1/s1. The predicted octanol–water partition coefficient (Wildman–Crippen LogP) is 5.82. The highest BCUT2D eigenvalue weighted by Crippen LogP contribution is 2.51. The van der Waals surface area contributed by atoms with Gasteiger partial charge in [-0.25, -0.2) is 0 Å². The first-order chi connectivity index (χ1) is 13.8. The molecule has 4 heterocycles. The Morgan fingerprint density at radius 1 is 1.00 bits per heavy atom. The number of aromatic nitrogens is 1. The lowest BCUT2D eigenvalue weighted by molar-refractivity contribution is 0.0582. The number of benzene rings is 2. The molecule has 2 aliphatic rings. The number of hydrogen-bond acceptors (Lipinski definition) is 3. The van der Waals surface area contributed by atoms with Gasteiger partial charge in [-0.2, -0.15) is 11.3 Å². The molecule has 0 radical (unpaired) electrons. The van der Waals surface area contributed by atoms with E-state index in [1.54, 1.807) is 11.3 Å². The molecule has 2 atom stereocenters. The number of thiophene rings is 1. The van der Waals surface area contributed by atoms with E-state index >= 15 is 0 Å². The van der Waals surface area contributed by atoms with E-state index in [4.69, 9.17) is 4.74 Å². The van der Waals surface area contributed by atoms with Crippen LogP contribution < -0.4 is 0 Å². The zero-order chi connectivity index (χ0) is 18.7. The van der Waals surface area contributed by atoms with Crippen LogP contribution >= 0.6 is 11.3 Å². The molecule has 0 amide bonds. The van der Waals surface area contributed by atoms with E-state index in [0.717, 1.165) is 0 Å². The molecule has 0 unspecified atom stereocenters. The maximum Gasteiger partial charge on any atom is 0.159 e. The second-order valence-electron chi connectivity index (χ2n) is 7.44. The SMILES string of the molecule is Cn1c2c(c3ccccc31)[C@H]1OC[C@H](c3ccccc3)N1C(c1ccsc1)=C2. The summed E-state index contributed by atoms with van der Waals surface area (Å²) in [6.45, 7) is 0.693. The topological polar surface area (TPSA) is 17.4 Å². The fourth-order valence-corrected chi connectivity index (χ4v) is 5.33. The predicted molar refractivity (Wildman–Crippen MR) is 115 cm³/mol. The zero-order valence-corrected chi connectivity index (χ0v) is 16.4. The lowest BCUT2D eigenvalue weighted by atomic mass is 9.98. The highest BCUT2D eigenvalue weighted by Gasteiger charge is 2.43. The number of aryl methyl sites for hydroxylation is 1. The maximum atomic E-state index is 6.48. The molecule has 0 spiro atoms. The Morgan fingerprint density at radius 2 is 1.82 bits per heavy atom. The van der Waals surface area contributed by atoms with Crippen molar-refractivity contribution in [1.29, 1.82) is 0 Å². The largest absolute Gasteiger partial charge is 0.351 e. The molecule has 2 aliphatic heterocycles. The van der Waals surface area contributed by atoms with Crippen LogP contribution in [-0.2, 0) is 11.8 Å². The van der Waals surface area contributed by atoms with Crippen LogP contribution in [0.5, 0.6) is 0 Å². The molecular weight excluding hydrogens is 364 g/mol. The molecule has 4 heteroatoms. The van der Waals surface area contributed by atoms with Crippen LogP contribution in [0.15, 0.2) is 71.4 Å². The minimum atomic E-state index is -0.0637. The van der Waals surface area contributed by atoms with Gasteiger partial charge in [0.2, 0.25) is 0 Å². The molecule has 1 saturated heterocycles. The number of ether oxygens (including phenoxy) is 1. The number of fused-ring (bicyclic) bond motifs is 5. The van der Waals surface area contributed by atoms with Crippen molar-refractivity contribution in [2.75, 3.05) is 6.61 Å². The zero-order valence-electron chi connectivity index (χ0n) is 15.6. The summed E-state index contributed by atoms with van der Waals surface area (Å²) in [6.07, 6.45) is 2.28. The number of para-hydroxylation sites is 1. The number of nitrogens with zero attached hydrogens (tertiary/aromatic N) is 2. The molecule has 0 aliphatic carbocycles. The van der Waals surface area contributed by atoms with Crippen molar-refractivity contribution < 1.29 is 4.74 Å². The summed E-state index contributed by atoms with van der Waals surface area (Å²) in [5.74, 6) is 0. The first-order valence-electron chi connectivity index (χ1n) is 9.59. The highest BCUT2D eigenvalue weighted by atomic mass is 32.1. The smallest absolute Gasteiger partial charge is 0.159 e. The van der Waals surface area contributed by atoms with Gasteiger partial charge in [0.25, 0.3) is 0 Å². The summed E-state index contributed by atoms with van der Waals surface area (Å²) in [5.41, 5.74) is 7.60. The van der Waals surface area contributed by atoms with Crippen molar-refractivity contribution in [3.8, 4) is 0 Å². The normalized spacial score (nSPS) is 20.9. The molecule has 6 rings (SSSR count). The van der Waals surface area contributed by atoms with E-state index in [1.807, 2.05) is 0 Å². The van der Waals surface area contributed by atoms with Crippen molar-refractivity contribution in [2.45, 2.75) is 12.3 Å². The summed E-state index contributed by atoms with van der Waals surface area (Å²) in [4.78, 5) is 2.48. The molecule has 28 heavy (non-hydrogen) atoms. The summed E-state index contributed by atoms with van der Waals surface area (Å²) in [5, 5.41) is 5.66. The third-order valence-corrected chi connectivity index (χ3v) is 6.68. The lowest BCUT2D eigenvalue weighted by Gasteiger charge is -2.36. The molecule has 2 aromatic heterocycles. The molecule has 138 valence electrons. The molecule has 0 saturated carbocycles. The minimum absolute atomic E-state index is 0.0637. The van der Waals surface area contributed by atoms with Crippen molar-refractivity contribution in [3.63, 3.8) is 0 Å². The van der Waals surface area contributed by atoms with Crippen LogP contribution in [0.1, 0.15) is 34.7 Å². The molecule has 4 aromatic rings. The van der Waals surface area contributed by atoms with Gasteiger partial charge in [-0.05, 0) is 29.2 Å². The quantitative estimate of drug-likeness (QED) is 0.433. The second-order valence-corrected chi connectivity index (χ2v) is 8.22. The lowest BCUT2D eigenvalue weighted by Crippen LogP contribution is -2.28. The van der Waals surface area contributed by atoms with E-state index < -0.39 is 0 Å². The molecule has 3 nitrogen and oxygen atoms in total. The van der Waals surface area contributed by atoms with Gasteiger partial charge >= 0.3 is 0 Å². The fourth-order valence-electron chi connectivity index (χ4n) is 4.68. The van der Waals surface area contributed by atoms with Crippen LogP contribution in [0.4, 0.5) is 0 Å². The van der Waals surface area contributed by atoms with Crippen molar-refractivity contribution in [1.82, 2.24) is 9.47 Å². The monoisotopic (exact) mass is 384 g/mol. The third kappa shape index (κ3) is 2.19. The second kappa shape index (κ2) is 6.09. The molecule has 0 N–H and O–H groups in total. The van der Waals surface area contributed by atoms with Gasteiger partial charge in [0.1, 0.15) is 0 Å². The average Bonchev–Trinajstić information content (AvgIpc) is 3.47. The van der Waals surface area contributed by atoms with Gasteiger partial charge in [-0.3, -0.25) is 0 Å². The fraction of sp³-hybridized carbons (Fsp3) is 0.167. The van der Waals surface area contributed by atoms with Crippen molar-refractivity contribution in [2.24, 2.45) is 7.05 Å². The minimum Gasteiger partial charge on any atom is -0.351 e. The van der Waals surface area contributed by atoms with Crippen LogP contribution in [-0.4, -0.2) is 16.1 Å². The van der Waals surface area contributed by atoms with Gasteiger partial charge < -0.3 is 14.2 Å². The Bertz CT molecular complexity index is 1190. The van der Waals surface area contributed by atoms with E-state index in [-0.39, 0.29) is 12.3 Å². The van der Waals surface area contributed by atoms with Gasteiger partial charge in [0, 0.05) is 40.2 Å². The van der Waals surface area contributed by atoms with E-state index in [0.29, 0.717) is 6.61 Å². The van der Waals surface area contributed by atoms with E-state index in [2.05, 4.69) is 94.0 Å². The van der Waals surface area contributed by atoms with E-state index in [9.17, 15) is 0 Å². The Morgan fingerprint density at radius 3 is 2.64 bits per heavy atom. The van der Waals surface area contributed by atoms with Gasteiger partial charge in [-0.1, -0.05) is 48.5 Å². The summed E-state index contributed by atoms with van der Waals surface area (Å²) in [6, 6.07) is 21.8. The van der Waals surface area contributed by atoms with Crippen molar-refractivity contribution in [3.05, 3.63) is 93.8 Å². The summed E-state index contributed by atoms with van der Waals surface area (Å²) >= 11 is 1.74.